The molecule has 1 rings (SSSR count). The number of carbonyl (C=O) groups excluding carboxylic acids is 2. The number of ether oxygens (including phenoxy) is 1. The number of hydrogen-bond acceptors (Lipinski definition) is 5. The van der Waals surface area contributed by atoms with Crippen molar-refractivity contribution in [3.63, 3.8) is 0 Å². The van der Waals surface area contributed by atoms with E-state index in [0.717, 1.165) is 5.56 Å². The smallest absolute Gasteiger partial charge is 0.292 e. The largest absolute Gasteiger partial charge is 0.471 e. The summed E-state index contributed by atoms with van der Waals surface area (Å²) >= 11 is 10.8. The first-order valence-corrected chi connectivity index (χ1v) is 7.15. The van der Waals surface area contributed by atoms with E-state index in [9.17, 15) is 15.0 Å². The molecule has 2 atom stereocenters. The van der Waals surface area contributed by atoms with Gasteiger partial charge in [-0.2, -0.15) is 0 Å². The molecule has 0 aromatic heterocycles. The van der Waals surface area contributed by atoms with Gasteiger partial charge < -0.3 is 20.3 Å². The molecule has 1 amide bonds. The predicted octanol–water partition coefficient (Wildman–Crippen LogP) is 1.10. The van der Waals surface area contributed by atoms with Crippen LogP contribution >= 0.6 is 23.2 Å². The van der Waals surface area contributed by atoms with E-state index in [2.05, 4.69) is 10.1 Å². The van der Waals surface area contributed by atoms with E-state index in [1.54, 1.807) is 12.1 Å². The lowest BCUT2D eigenvalue weighted by molar-refractivity contribution is -0.126. The maximum atomic E-state index is 11.3. The van der Waals surface area contributed by atoms with Crippen molar-refractivity contribution in [3.05, 3.63) is 35.4 Å². The minimum absolute atomic E-state index is 0.375. The molecular weight excluding hydrogens is 333 g/mol. The third-order valence-corrected chi connectivity index (χ3v) is 3.02. The summed E-state index contributed by atoms with van der Waals surface area (Å²) in [6, 6.07) is 6.28. The Kier molecular flexibility index (Phi) is 10.6. The van der Waals surface area contributed by atoms with Gasteiger partial charge in [0.25, 0.3) is 12.4 Å². The normalized spacial score (nSPS) is 12.7. The first kappa shape index (κ1) is 20.7. The minimum atomic E-state index is -1.23. The number of alkyl halides is 2. The molecule has 2 unspecified atom stereocenters. The van der Waals surface area contributed by atoms with Crippen LogP contribution in [0.15, 0.2) is 24.3 Å². The highest BCUT2D eigenvalue weighted by molar-refractivity contribution is 6.53. The number of nitrogens with one attached hydrogen (secondary N) is 1. The van der Waals surface area contributed by atoms with Gasteiger partial charge in [-0.1, -0.05) is 53.0 Å². The van der Waals surface area contributed by atoms with Crippen LogP contribution in [0, 0.1) is 6.92 Å². The fourth-order valence-corrected chi connectivity index (χ4v) is 1.59. The molecule has 0 saturated heterocycles. The fourth-order valence-electron chi connectivity index (χ4n) is 1.47. The summed E-state index contributed by atoms with van der Waals surface area (Å²) in [7, 11) is 1.31. The van der Waals surface area contributed by atoms with Gasteiger partial charge >= 0.3 is 0 Å². The zero-order valence-corrected chi connectivity index (χ0v) is 13.7. The summed E-state index contributed by atoms with van der Waals surface area (Å²) in [5.41, 5.74) is 1.65. The van der Waals surface area contributed by atoms with Gasteiger partial charge in [-0.25, -0.2) is 0 Å². The van der Waals surface area contributed by atoms with Crippen LogP contribution in [0.2, 0.25) is 0 Å². The van der Waals surface area contributed by atoms with Gasteiger partial charge in [-0.3, -0.25) is 9.59 Å². The second-order valence-corrected chi connectivity index (χ2v) is 5.38. The lowest BCUT2D eigenvalue weighted by Gasteiger charge is -2.23. The average Bonchev–Trinajstić information content (AvgIpc) is 2.52. The van der Waals surface area contributed by atoms with Crippen LogP contribution in [0.25, 0.3) is 0 Å². The van der Waals surface area contributed by atoms with Crippen LogP contribution in [0.3, 0.4) is 0 Å². The number of rotatable bonds is 6. The quantitative estimate of drug-likeness (QED) is 0.526. The van der Waals surface area contributed by atoms with E-state index in [1.165, 1.54) is 7.11 Å². The zero-order chi connectivity index (χ0) is 17.1. The summed E-state index contributed by atoms with van der Waals surface area (Å²) < 4.78 is 3.86. The molecule has 0 saturated carbocycles. The Morgan fingerprint density at radius 3 is 2.23 bits per heavy atom. The van der Waals surface area contributed by atoms with Gasteiger partial charge in [0.05, 0.1) is 19.8 Å². The topological polar surface area (TPSA) is 95.9 Å². The summed E-state index contributed by atoms with van der Waals surface area (Å²) in [6.07, 6.45) is -1.02. The van der Waals surface area contributed by atoms with E-state index in [-0.39, 0.29) is 0 Å². The fraction of sp³-hybridized carbons (Fsp3) is 0.429. The Morgan fingerprint density at radius 2 is 1.86 bits per heavy atom. The number of halogens is 2. The van der Waals surface area contributed by atoms with Crippen LogP contribution in [0.4, 0.5) is 0 Å². The van der Waals surface area contributed by atoms with Crippen LogP contribution in [-0.4, -0.2) is 47.2 Å². The number of aryl methyl sites for hydroxylation is 1. The average molecular weight is 352 g/mol. The number of amides is 1. The molecule has 0 fully saturated rings. The van der Waals surface area contributed by atoms with Crippen molar-refractivity contribution in [2.45, 2.75) is 23.9 Å². The molecule has 1 aromatic carbocycles. The molecule has 0 aliphatic rings. The van der Waals surface area contributed by atoms with Crippen LogP contribution in [0.5, 0.6) is 0 Å². The van der Waals surface area contributed by atoms with Gasteiger partial charge in [-0.15, -0.1) is 0 Å². The Hall–Kier alpha value is -1.34. The number of benzene rings is 1. The van der Waals surface area contributed by atoms with Crippen LogP contribution in [0.1, 0.15) is 17.2 Å². The highest BCUT2D eigenvalue weighted by Gasteiger charge is 2.24. The monoisotopic (exact) mass is 351 g/mol. The van der Waals surface area contributed by atoms with Crippen LogP contribution in [-0.2, 0) is 14.3 Å². The molecule has 0 aliphatic heterocycles. The number of hydrogen-bond donors (Lipinski definition) is 3. The summed E-state index contributed by atoms with van der Waals surface area (Å²) in [4.78, 5) is 19.0. The molecule has 0 bridgehead atoms. The molecular formula is C14H19Cl2NO5. The van der Waals surface area contributed by atoms with Gasteiger partial charge in [0, 0.05) is 0 Å². The SMILES string of the molecule is COC=O.Cc1ccc(C(O)C(CO)NC(=O)C(Cl)Cl)cc1. The highest BCUT2D eigenvalue weighted by atomic mass is 35.5. The molecule has 124 valence electrons. The van der Waals surface area contributed by atoms with Crippen molar-refractivity contribution < 1.29 is 24.5 Å². The first-order valence-electron chi connectivity index (χ1n) is 6.27. The Bertz CT molecular complexity index is 453. The molecule has 3 N–H and O–H groups in total. The van der Waals surface area contributed by atoms with Crippen molar-refractivity contribution in [2.24, 2.45) is 0 Å². The van der Waals surface area contributed by atoms with Gasteiger partial charge in [0.1, 0.15) is 6.10 Å². The Morgan fingerprint density at radius 1 is 1.36 bits per heavy atom. The summed E-state index contributed by atoms with van der Waals surface area (Å²) in [5, 5.41) is 21.6. The number of carbonyl (C=O) groups is 2. The molecule has 1 aromatic rings. The van der Waals surface area contributed by atoms with E-state index in [4.69, 9.17) is 28.0 Å². The third kappa shape index (κ3) is 7.61. The second kappa shape index (κ2) is 11.3. The Labute approximate surface area is 139 Å². The van der Waals surface area contributed by atoms with E-state index in [0.29, 0.717) is 12.0 Å². The molecule has 22 heavy (non-hydrogen) atoms. The van der Waals surface area contributed by atoms with E-state index in [1.807, 2.05) is 19.1 Å². The highest BCUT2D eigenvalue weighted by Crippen LogP contribution is 2.18. The molecule has 6 nitrogen and oxygen atoms in total. The molecule has 0 radical (unpaired) electrons. The minimum Gasteiger partial charge on any atom is -0.471 e. The summed E-state index contributed by atoms with van der Waals surface area (Å²) in [6.45, 7) is 1.88. The second-order valence-electron chi connectivity index (χ2n) is 4.29. The number of methoxy groups -OCH3 is 1. The van der Waals surface area contributed by atoms with Crippen molar-refractivity contribution in [1.82, 2.24) is 5.32 Å². The van der Waals surface area contributed by atoms with Gasteiger partial charge in [-0.05, 0) is 12.5 Å². The van der Waals surface area contributed by atoms with Crippen molar-refractivity contribution in [3.8, 4) is 0 Å². The zero-order valence-electron chi connectivity index (χ0n) is 12.2. The lowest BCUT2D eigenvalue weighted by Crippen LogP contribution is -2.44. The van der Waals surface area contributed by atoms with Crippen molar-refractivity contribution in [1.29, 1.82) is 0 Å². The standard InChI is InChI=1S/C12H15Cl2NO3.C2H4O2/c1-7-2-4-8(5-3-7)10(17)9(6-16)15-12(18)11(13)14;1-4-2-3/h2-5,9-11,16-17H,6H2,1H3,(H,15,18);2H,1H3. The first-order chi connectivity index (χ1) is 10.4. The summed E-state index contributed by atoms with van der Waals surface area (Å²) in [5.74, 6) is -0.649. The molecule has 0 heterocycles. The van der Waals surface area contributed by atoms with Gasteiger partial charge in [0.2, 0.25) is 0 Å². The van der Waals surface area contributed by atoms with Crippen molar-refractivity contribution in [2.75, 3.05) is 13.7 Å². The van der Waals surface area contributed by atoms with Crippen molar-refractivity contribution >= 4 is 35.6 Å². The predicted molar refractivity (Wildman–Crippen MR) is 83.7 cm³/mol. The van der Waals surface area contributed by atoms with Crippen LogP contribution < -0.4 is 5.32 Å². The Balaban J connectivity index is 0.000000980. The van der Waals surface area contributed by atoms with E-state index < -0.39 is 29.5 Å². The number of aliphatic hydroxyl groups excluding tert-OH is 2. The van der Waals surface area contributed by atoms with Gasteiger partial charge in [0.15, 0.2) is 4.84 Å². The maximum absolute atomic E-state index is 11.3. The molecule has 8 heteroatoms. The third-order valence-electron chi connectivity index (χ3n) is 2.62. The maximum Gasteiger partial charge on any atom is 0.292 e. The number of aliphatic hydroxyl groups is 2. The van der Waals surface area contributed by atoms with E-state index >= 15 is 0 Å². The molecule has 0 aliphatic carbocycles. The lowest BCUT2D eigenvalue weighted by atomic mass is 10.0. The molecule has 0 spiro atoms.